The number of nitrogens with one attached hydrogen (secondary N) is 1. The number of rotatable bonds is 5. The van der Waals surface area contributed by atoms with Gasteiger partial charge in [-0.15, -0.1) is 10.2 Å². The van der Waals surface area contributed by atoms with Crippen molar-refractivity contribution in [1.29, 1.82) is 0 Å². The van der Waals surface area contributed by atoms with Crippen molar-refractivity contribution >= 4 is 5.91 Å². The molecule has 6 heteroatoms. The number of nitrogens with zero attached hydrogens (tertiary/aromatic N) is 2. The summed E-state index contributed by atoms with van der Waals surface area (Å²) in [6.07, 6.45) is 0.935. The summed E-state index contributed by atoms with van der Waals surface area (Å²) in [7, 11) is 0. The molecule has 2 aromatic carbocycles. The van der Waals surface area contributed by atoms with Gasteiger partial charge in [0.05, 0.1) is 17.2 Å². The van der Waals surface area contributed by atoms with Crippen LogP contribution in [0.5, 0.6) is 0 Å². The molecule has 1 N–H and O–H groups in total. The van der Waals surface area contributed by atoms with Crippen LogP contribution in [0.3, 0.4) is 0 Å². The molecule has 1 aromatic heterocycles. The standard InChI is InChI=1S/C21H21N3O3/c1-14-23-24-21(27-14)18-10-6-5-9-17(18)20(25)22-13-16-11-12-26-19(16)15-7-3-2-4-8-15/h2-10,16,19H,11-13H2,1H3,(H,22,25)/t16-,19-/m0/s1. The summed E-state index contributed by atoms with van der Waals surface area (Å²) < 4.78 is 11.4. The number of aryl methyl sites for hydroxylation is 1. The maximum atomic E-state index is 12.8. The Kier molecular flexibility index (Phi) is 4.98. The smallest absolute Gasteiger partial charge is 0.252 e. The number of carbonyl (C=O) groups excluding carboxylic acids is 1. The predicted molar refractivity (Wildman–Crippen MR) is 100 cm³/mol. The van der Waals surface area contributed by atoms with Gasteiger partial charge < -0.3 is 14.5 Å². The lowest BCUT2D eigenvalue weighted by atomic mass is 9.95. The van der Waals surface area contributed by atoms with Crippen molar-refractivity contribution in [2.45, 2.75) is 19.4 Å². The number of hydrogen-bond donors (Lipinski definition) is 1. The predicted octanol–water partition coefficient (Wildman–Crippen LogP) is 3.55. The second-order valence-corrected chi connectivity index (χ2v) is 6.63. The lowest BCUT2D eigenvalue weighted by Crippen LogP contribution is -2.30. The number of carbonyl (C=O) groups is 1. The summed E-state index contributed by atoms with van der Waals surface area (Å²) in [6, 6.07) is 17.4. The summed E-state index contributed by atoms with van der Waals surface area (Å²) in [5.74, 6) is 0.910. The molecule has 27 heavy (non-hydrogen) atoms. The first kappa shape index (κ1) is 17.4. The molecule has 2 atom stereocenters. The summed E-state index contributed by atoms with van der Waals surface area (Å²) in [6.45, 7) is 2.98. The third-order valence-corrected chi connectivity index (χ3v) is 4.80. The van der Waals surface area contributed by atoms with E-state index in [1.165, 1.54) is 0 Å². The Morgan fingerprint density at radius 1 is 1.11 bits per heavy atom. The van der Waals surface area contributed by atoms with Crippen molar-refractivity contribution in [3.63, 3.8) is 0 Å². The first-order valence-corrected chi connectivity index (χ1v) is 9.06. The zero-order chi connectivity index (χ0) is 18.6. The van der Waals surface area contributed by atoms with Crippen molar-refractivity contribution < 1.29 is 13.9 Å². The van der Waals surface area contributed by atoms with Crippen LogP contribution in [0.4, 0.5) is 0 Å². The number of hydrogen-bond acceptors (Lipinski definition) is 5. The summed E-state index contributed by atoms with van der Waals surface area (Å²) in [4.78, 5) is 12.8. The Morgan fingerprint density at radius 2 is 1.89 bits per heavy atom. The molecule has 4 rings (SSSR count). The second kappa shape index (κ2) is 7.72. The molecule has 0 radical (unpaired) electrons. The molecule has 138 valence electrons. The maximum absolute atomic E-state index is 12.8. The zero-order valence-corrected chi connectivity index (χ0v) is 15.1. The summed E-state index contributed by atoms with van der Waals surface area (Å²) in [5, 5.41) is 10.9. The monoisotopic (exact) mass is 363 g/mol. The highest BCUT2D eigenvalue weighted by Crippen LogP contribution is 2.34. The van der Waals surface area contributed by atoms with Gasteiger partial charge in [0.2, 0.25) is 11.8 Å². The van der Waals surface area contributed by atoms with E-state index in [-0.39, 0.29) is 17.9 Å². The summed E-state index contributed by atoms with van der Waals surface area (Å²) >= 11 is 0. The van der Waals surface area contributed by atoms with Crippen molar-refractivity contribution in [1.82, 2.24) is 15.5 Å². The van der Waals surface area contributed by atoms with E-state index >= 15 is 0 Å². The van der Waals surface area contributed by atoms with Gasteiger partial charge in [-0.1, -0.05) is 42.5 Å². The number of ether oxygens (including phenoxy) is 1. The van der Waals surface area contributed by atoms with Crippen molar-refractivity contribution in [3.8, 4) is 11.5 Å². The van der Waals surface area contributed by atoms with Crippen LogP contribution in [0.1, 0.15) is 34.3 Å². The molecule has 6 nitrogen and oxygen atoms in total. The Labute approximate surface area is 157 Å². The van der Waals surface area contributed by atoms with E-state index in [0.717, 1.165) is 12.0 Å². The van der Waals surface area contributed by atoms with Crippen LogP contribution in [0.15, 0.2) is 59.0 Å². The first-order valence-electron chi connectivity index (χ1n) is 9.06. The molecule has 0 bridgehead atoms. The molecule has 0 saturated carbocycles. The van der Waals surface area contributed by atoms with E-state index in [0.29, 0.717) is 36.1 Å². The fourth-order valence-corrected chi connectivity index (χ4v) is 3.45. The van der Waals surface area contributed by atoms with Gasteiger partial charge in [-0.25, -0.2) is 0 Å². The van der Waals surface area contributed by atoms with Crippen LogP contribution in [0, 0.1) is 12.8 Å². The first-order chi connectivity index (χ1) is 13.2. The van der Waals surface area contributed by atoms with Crippen LogP contribution < -0.4 is 5.32 Å². The molecule has 0 aliphatic carbocycles. The average Bonchev–Trinajstić information content (AvgIpc) is 3.35. The number of aromatic nitrogens is 2. The van der Waals surface area contributed by atoms with Crippen LogP contribution in [0.2, 0.25) is 0 Å². The minimum absolute atomic E-state index is 0.0142. The molecule has 0 unspecified atom stereocenters. The van der Waals surface area contributed by atoms with E-state index in [1.54, 1.807) is 13.0 Å². The van der Waals surface area contributed by atoms with E-state index < -0.39 is 0 Å². The van der Waals surface area contributed by atoms with E-state index in [9.17, 15) is 4.79 Å². The molecule has 1 aliphatic rings. The minimum Gasteiger partial charge on any atom is -0.421 e. The number of benzene rings is 2. The summed E-state index contributed by atoms with van der Waals surface area (Å²) in [5.41, 5.74) is 2.31. The van der Waals surface area contributed by atoms with Gasteiger partial charge in [0, 0.05) is 26.0 Å². The normalized spacial score (nSPS) is 19.1. The van der Waals surface area contributed by atoms with Crippen LogP contribution >= 0.6 is 0 Å². The minimum atomic E-state index is -0.153. The molecule has 1 saturated heterocycles. The SMILES string of the molecule is Cc1nnc(-c2ccccc2C(=O)NC[C@@H]2CCO[C@H]2c2ccccc2)o1. The highest BCUT2D eigenvalue weighted by atomic mass is 16.5. The molecular weight excluding hydrogens is 342 g/mol. The molecule has 1 aliphatic heterocycles. The van der Waals surface area contributed by atoms with Crippen LogP contribution in [-0.2, 0) is 4.74 Å². The lowest BCUT2D eigenvalue weighted by molar-refractivity contribution is 0.0846. The van der Waals surface area contributed by atoms with Gasteiger partial charge >= 0.3 is 0 Å². The van der Waals surface area contributed by atoms with E-state index in [2.05, 4.69) is 27.6 Å². The third-order valence-electron chi connectivity index (χ3n) is 4.80. The van der Waals surface area contributed by atoms with Gasteiger partial charge in [0.15, 0.2) is 0 Å². The quantitative estimate of drug-likeness (QED) is 0.750. The van der Waals surface area contributed by atoms with E-state index in [4.69, 9.17) is 9.15 Å². The molecule has 3 aromatic rings. The largest absolute Gasteiger partial charge is 0.421 e. The second-order valence-electron chi connectivity index (χ2n) is 6.63. The van der Waals surface area contributed by atoms with Gasteiger partial charge in [0.1, 0.15) is 0 Å². The lowest BCUT2D eigenvalue weighted by Gasteiger charge is -2.19. The zero-order valence-electron chi connectivity index (χ0n) is 15.1. The fraction of sp³-hybridized carbons (Fsp3) is 0.286. The Bertz CT molecular complexity index is 923. The van der Waals surface area contributed by atoms with Crippen molar-refractivity contribution in [2.75, 3.05) is 13.2 Å². The highest BCUT2D eigenvalue weighted by Gasteiger charge is 2.30. The topological polar surface area (TPSA) is 77.2 Å². The maximum Gasteiger partial charge on any atom is 0.252 e. The van der Waals surface area contributed by atoms with Gasteiger partial charge in [-0.3, -0.25) is 4.79 Å². The van der Waals surface area contributed by atoms with Crippen molar-refractivity contribution in [2.24, 2.45) is 5.92 Å². The Morgan fingerprint density at radius 3 is 2.67 bits per heavy atom. The third kappa shape index (κ3) is 3.75. The Balaban J connectivity index is 1.47. The van der Waals surface area contributed by atoms with Gasteiger partial charge in [0.25, 0.3) is 5.91 Å². The van der Waals surface area contributed by atoms with Crippen molar-refractivity contribution in [3.05, 3.63) is 71.6 Å². The highest BCUT2D eigenvalue weighted by molar-refractivity contribution is 5.99. The molecular formula is C21H21N3O3. The van der Waals surface area contributed by atoms with Gasteiger partial charge in [-0.2, -0.15) is 0 Å². The van der Waals surface area contributed by atoms with Gasteiger partial charge in [-0.05, 0) is 24.1 Å². The fourth-order valence-electron chi connectivity index (χ4n) is 3.45. The van der Waals surface area contributed by atoms with Crippen LogP contribution in [-0.4, -0.2) is 29.3 Å². The van der Waals surface area contributed by atoms with E-state index in [1.807, 2.05) is 36.4 Å². The van der Waals surface area contributed by atoms with Crippen LogP contribution in [0.25, 0.3) is 11.5 Å². The molecule has 1 amide bonds. The molecule has 2 heterocycles. The molecule has 0 spiro atoms. The Hall–Kier alpha value is -2.99. The average molecular weight is 363 g/mol. The number of amides is 1. The molecule has 1 fully saturated rings.